The maximum absolute atomic E-state index is 12.7. The van der Waals surface area contributed by atoms with Crippen LogP contribution in [0, 0.1) is 12.7 Å². The fourth-order valence-electron chi connectivity index (χ4n) is 1.43. The molecule has 1 N–H and O–H groups in total. The van der Waals surface area contributed by atoms with Crippen molar-refractivity contribution in [1.29, 1.82) is 0 Å². The van der Waals surface area contributed by atoms with Gasteiger partial charge in [-0.2, -0.15) is 0 Å². The third-order valence-corrected chi connectivity index (χ3v) is 2.35. The van der Waals surface area contributed by atoms with Crippen molar-refractivity contribution in [2.24, 2.45) is 4.99 Å². The second-order valence-corrected chi connectivity index (χ2v) is 3.80. The van der Waals surface area contributed by atoms with Crippen LogP contribution in [0.4, 0.5) is 10.1 Å². The molecule has 2 aromatic rings. The molecule has 17 heavy (non-hydrogen) atoms. The van der Waals surface area contributed by atoms with E-state index in [2.05, 4.69) is 4.99 Å². The van der Waals surface area contributed by atoms with Crippen LogP contribution in [0.15, 0.2) is 47.5 Å². The fraction of sp³-hybridized carbons (Fsp3) is 0.0714. The van der Waals surface area contributed by atoms with Gasteiger partial charge < -0.3 is 5.11 Å². The standard InChI is InChI=1S/C14H12FNO/c1-10-2-7-14(17)13(8-10)16-9-11-3-5-12(15)6-4-11/h2-9,17H,1H3. The Morgan fingerprint density at radius 2 is 1.82 bits per heavy atom. The van der Waals surface area contributed by atoms with Crippen molar-refractivity contribution in [3.63, 3.8) is 0 Å². The minimum Gasteiger partial charge on any atom is -0.506 e. The van der Waals surface area contributed by atoms with E-state index in [1.807, 2.05) is 13.0 Å². The summed E-state index contributed by atoms with van der Waals surface area (Å²) in [6.45, 7) is 1.93. The van der Waals surface area contributed by atoms with Crippen LogP contribution in [0.3, 0.4) is 0 Å². The number of aliphatic imine (C=N–C) groups is 1. The highest BCUT2D eigenvalue weighted by molar-refractivity contribution is 5.82. The fourth-order valence-corrected chi connectivity index (χ4v) is 1.43. The molecule has 0 saturated heterocycles. The van der Waals surface area contributed by atoms with E-state index in [1.54, 1.807) is 30.5 Å². The number of aryl methyl sites for hydroxylation is 1. The van der Waals surface area contributed by atoms with Gasteiger partial charge in [0.2, 0.25) is 0 Å². The lowest BCUT2D eigenvalue weighted by molar-refractivity contribution is 0.477. The highest BCUT2D eigenvalue weighted by Crippen LogP contribution is 2.26. The lowest BCUT2D eigenvalue weighted by atomic mass is 10.2. The third kappa shape index (κ3) is 2.91. The van der Waals surface area contributed by atoms with Gasteiger partial charge in [-0.25, -0.2) is 4.39 Å². The zero-order chi connectivity index (χ0) is 12.3. The van der Waals surface area contributed by atoms with Gasteiger partial charge in [-0.3, -0.25) is 4.99 Å². The van der Waals surface area contributed by atoms with E-state index in [4.69, 9.17) is 0 Å². The molecule has 0 aromatic heterocycles. The SMILES string of the molecule is Cc1ccc(O)c(N=Cc2ccc(F)cc2)c1. The van der Waals surface area contributed by atoms with Crippen molar-refractivity contribution >= 4 is 11.9 Å². The van der Waals surface area contributed by atoms with Crippen molar-refractivity contribution in [1.82, 2.24) is 0 Å². The number of aromatic hydroxyl groups is 1. The van der Waals surface area contributed by atoms with Crippen LogP contribution in [0.5, 0.6) is 5.75 Å². The van der Waals surface area contributed by atoms with Gasteiger partial charge in [0.15, 0.2) is 0 Å². The Kier molecular flexibility index (Phi) is 3.19. The summed E-state index contributed by atoms with van der Waals surface area (Å²) in [7, 11) is 0. The molecule has 0 atom stereocenters. The minimum absolute atomic E-state index is 0.133. The Morgan fingerprint density at radius 3 is 2.53 bits per heavy atom. The highest BCUT2D eigenvalue weighted by atomic mass is 19.1. The van der Waals surface area contributed by atoms with E-state index in [9.17, 15) is 9.50 Å². The summed E-state index contributed by atoms with van der Waals surface area (Å²) in [6.07, 6.45) is 1.59. The molecule has 86 valence electrons. The average molecular weight is 229 g/mol. The Hall–Kier alpha value is -2.16. The summed E-state index contributed by atoms with van der Waals surface area (Å²) < 4.78 is 12.7. The number of phenols is 1. The van der Waals surface area contributed by atoms with E-state index >= 15 is 0 Å². The van der Waals surface area contributed by atoms with E-state index in [0.717, 1.165) is 11.1 Å². The molecule has 0 aliphatic carbocycles. The molecular formula is C14H12FNO. The van der Waals surface area contributed by atoms with Crippen molar-refractivity contribution in [2.75, 3.05) is 0 Å². The summed E-state index contributed by atoms with van der Waals surface area (Å²) in [5, 5.41) is 9.58. The predicted molar refractivity (Wildman–Crippen MR) is 66.5 cm³/mol. The molecule has 0 bridgehead atoms. The van der Waals surface area contributed by atoms with Gasteiger partial charge in [0, 0.05) is 6.21 Å². The predicted octanol–water partition coefficient (Wildman–Crippen LogP) is 3.59. The zero-order valence-corrected chi connectivity index (χ0v) is 9.39. The van der Waals surface area contributed by atoms with Gasteiger partial charge in [0.05, 0.1) is 0 Å². The number of benzene rings is 2. The number of hydrogen-bond acceptors (Lipinski definition) is 2. The highest BCUT2D eigenvalue weighted by Gasteiger charge is 1.98. The van der Waals surface area contributed by atoms with Crippen LogP contribution in [-0.4, -0.2) is 11.3 Å². The van der Waals surface area contributed by atoms with Gasteiger partial charge in [0.1, 0.15) is 17.3 Å². The molecule has 0 aliphatic heterocycles. The number of hydrogen-bond donors (Lipinski definition) is 1. The van der Waals surface area contributed by atoms with Crippen molar-refractivity contribution in [3.8, 4) is 5.75 Å². The molecular weight excluding hydrogens is 217 g/mol. The van der Waals surface area contributed by atoms with E-state index in [0.29, 0.717) is 5.69 Å². The molecule has 2 aromatic carbocycles. The molecule has 0 radical (unpaired) electrons. The summed E-state index contributed by atoms with van der Waals surface area (Å²) in [4.78, 5) is 4.17. The van der Waals surface area contributed by atoms with Crippen LogP contribution in [0.1, 0.15) is 11.1 Å². The maximum Gasteiger partial charge on any atom is 0.141 e. The van der Waals surface area contributed by atoms with Crippen LogP contribution in [0.25, 0.3) is 0 Å². The Labute approximate surface area is 99.1 Å². The van der Waals surface area contributed by atoms with Crippen LogP contribution >= 0.6 is 0 Å². The third-order valence-electron chi connectivity index (χ3n) is 2.35. The Bertz CT molecular complexity index is 547. The topological polar surface area (TPSA) is 32.6 Å². The minimum atomic E-state index is -0.277. The molecule has 0 heterocycles. The molecule has 0 fully saturated rings. The first-order chi connectivity index (χ1) is 8.15. The lowest BCUT2D eigenvalue weighted by Crippen LogP contribution is -1.81. The molecule has 3 heteroatoms. The normalized spacial score (nSPS) is 10.9. The van der Waals surface area contributed by atoms with Crippen molar-refractivity contribution in [2.45, 2.75) is 6.92 Å². The van der Waals surface area contributed by atoms with Crippen molar-refractivity contribution < 1.29 is 9.50 Å². The van der Waals surface area contributed by atoms with Gasteiger partial charge >= 0.3 is 0 Å². The van der Waals surface area contributed by atoms with Crippen LogP contribution in [-0.2, 0) is 0 Å². The Morgan fingerprint density at radius 1 is 1.12 bits per heavy atom. The zero-order valence-electron chi connectivity index (χ0n) is 9.39. The summed E-state index contributed by atoms with van der Waals surface area (Å²) in [6, 6.07) is 11.2. The summed E-state index contributed by atoms with van der Waals surface area (Å²) in [5.74, 6) is -0.144. The number of rotatable bonds is 2. The quantitative estimate of drug-likeness (QED) is 0.784. The average Bonchev–Trinajstić information content (AvgIpc) is 2.32. The number of halogens is 1. The molecule has 0 aliphatic rings. The van der Waals surface area contributed by atoms with E-state index < -0.39 is 0 Å². The lowest BCUT2D eigenvalue weighted by Gasteiger charge is -2.00. The van der Waals surface area contributed by atoms with E-state index in [1.165, 1.54) is 12.1 Å². The first kappa shape index (κ1) is 11.3. The largest absolute Gasteiger partial charge is 0.506 e. The van der Waals surface area contributed by atoms with E-state index in [-0.39, 0.29) is 11.6 Å². The maximum atomic E-state index is 12.7. The van der Waals surface area contributed by atoms with Crippen LogP contribution < -0.4 is 0 Å². The van der Waals surface area contributed by atoms with Gasteiger partial charge in [-0.15, -0.1) is 0 Å². The van der Waals surface area contributed by atoms with Crippen molar-refractivity contribution in [3.05, 3.63) is 59.4 Å². The number of nitrogens with zero attached hydrogens (tertiary/aromatic N) is 1. The van der Waals surface area contributed by atoms with Gasteiger partial charge in [0.25, 0.3) is 0 Å². The van der Waals surface area contributed by atoms with Crippen LogP contribution in [0.2, 0.25) is 0 Å². The van der Waals surface area contributed by atoms with Gasteiger partial charge in [-0.1, -0.05) is 18.2 Å². The molecule has 2 nitrogen and oxygen atoms in total. The number of phenolic OH excluding ortho intramolecular Hbond substituents is 1. The van der Waals surface area contributed by atoms with Gasteiger partial charge in [-0.05, 0) is 42.3 Å². The molecule has 2 rings (SSSR count). The first-order valence-electron chi connectivity index (χ1n) is 5.24. The monoisotopic (exact) mass is 229 g/mol. The smallest absolute Gasteiger partial charge is 0.141 e. The molecule has 0 saturated carbocycles. The molecule has 0 amide bonds. The second kappa shape index (κ2) is 4.78. The molecule has 0 spiro atoms. The first-order valence-corrected chi connectivity index (χ1v) is 5.24. The molecule has 0 unspecified atom stereocenters. The summed E-state index contributed by atoms with van der Waals surface area (Å²) in [5.41, 5.74) is 2.32. The Balaban J connectivity index is 2.25. The second-order valence-electron chi connectivity index (χ2n) is 3.80. The summed E-state index contributed by atoms with van der Waals surface area (Å²) >= 11 is 0.